The van der Waals surface area contributed by atoms with Crippen LogP contribution in [0.5, 0.6) is 0 Å². The van der Waals surface area contributed by atoms with Gasteiger partial charge in [0.25, 0.3) is 0 Å². The van der Waals surface area contributed by atoms with Crippen molar-refractivity contribution in [1.29, 1.82) is 0 Å². The largest absolute Gasteiger partial charge is 0.480 e. The van der Waals surface area contributed by atoms with Gasteiger partial charge in [0.15, 0.2) is 0 Å². The van der Waals surface area contributed by atoms with Crippen LogP contribution in [0.2, 0.25) is 0 Å². The Kier molecular flexibility index (Phi) is 5.26. The Morgan fingerprint density at radius 3 is 2.12 bits per heavy atom. The van der Waals surface area contributed by atoms with Crippen LogP contribution in [0.15, 0.2) is 48.5 Å². The fraction of sp³-hybridized carbons (Fsp3) is 0.333. The van der Waals surface area contributed by atoms with Crippen LogP contribution in [-0.4, -0.2) is 29.8 Å². The number of carbonyl (C=O) groups excluding carboxylic acids is 1. The molecule has 2 atom stereocenters. The average molecular weight is 353 g/mol. The van der Waals surface area contributed by atoms with Gasteiger partial charge >= 0.3 is 12.1 Å². The van der Waals surface area contributed by atoms with Gasteiger partial charge in [0.1, 0.15) is 12.6 Å². The van der Waals surface area contributed by atoms with Crippen molar-refractivity contribution in [3.63, 3.8) is 0 Å². The highest BCUT2D eigenvalue weighted by atomic mass is 16.5. The van der Waals surface area contributed by atoms with E-state index in [0.29, 0.717) is 6.42 Å². The summed E-state index contributed by atoms with van der Waals surface area (Å²) in [5.74, 6) is -1.26. The molecule has 2 aromatic carbocycles. The molecule has 1 amide bonds. The van der Waals surface area contributed by atoms with Crippen LogP contribution >= 0.6 is 0 Å². The molecule has 0 heterocycles. The van der Waals surface area contributed by atoms with Crippen LogP contribution in [0.3, 0.4) is 0 Å². The quantitative estimate of drug-likeness (QED) is 0.822. The lowest BCUT2D eigenvalue weighted by Crippen LogP contribution is -2.45. The third-order valence-electron chi connectivity index (χ3n) is 5.10. The van der Waals surface area contributed by atoms with Crippen LogP contribution in [-0.2, 0) is 9.53 Å². The molecule has 0 fully saturated rings. The third kappa shape index (κ3) is 3.43. The number of aliphatic carboxylic acids is 1. The molecule has 0 aliphatic heterocycles. The number of benzene rings is 2. The van der Waals surface area contributed by atoms with Crippen molar-refractivity contribution in [3.05, 3.63) is 59.7 Å². The number of hydrogen-bond donors (Lipinski definition) is 2. The van der Waals surface area contributed by atoms with Crippen molar-refractivity contribution in [2.24, 2.45) is 5.92 Å². The molecule has 26 heavy (non-hydrogen) atoms. The van der Waals surface area contributed by atoms with Crippen molar-refractivity contribution in [2.75, 3.05) is 6.61 Å². The standard InChI is InChI=1S/C21H23NO4/c1-3-13(2)19(20(23)24)22-21(25)26-12-18-16-10-6-4-8-14(16)15-9-5-7-11-17(15)18/h4-11,13,18-19H,3,12H2,1-2H3,(H,22,25)(H,23,24)/t13?,19-/m1/s1. The summed E-state index contributed by atoms with van der Waals surface area (Å²) in [6.45, 7) is 3.86. The molecule has 1 aliphatic carbocycles. The third-order valence-corrected chi connectivity index (χ3v) is 5.10. The smallest absolute Gasteiger partial charge is 0.407 e. The summed E-state index contributed by atoms with van der Waals surface area (Å²) in [5, 5.41) is 11.8. The van der Waals surface area contributed by atoms with E-state index in [2.05, 4.69) is 17.4 Å². The second kappa shape index (κ2) is 7.60. The first kappa shape index (κ1) is 18.0. The summed E-state index contributed by atoms with van der Waals surface area (Å²) in [5.41, 5.74) is 4.55. The molecule has 5 heteroatoms. The zero-order valence-corrected chi connectivity index (χ0v) is 14.9. The first-order chi connectivity index (χ1) is 12.5. The first-order valence-electron chi connectivity index (χ1n) is 8.87. The number of hydrogen-bond acceptors (Lipinski definition) is 3. The molecule has 5 nitrogen and oxygen atoms in total. The van der Waals surface area contributed by atoms with E-state index in [1.54, 1.807) is 6.92 Å². The highest BCUT2D eigenvalue weighted by Gasteiger charge is 2.30. The van der Waals surface area contributed by atoms with Gasteiger partial charge < -0.3 is 15.2 Å². The lowest BCUT2D eigenvalue weighted by atomic mass is 9.98. The lowest BCUT2D eigenvalue weighted by molar-refractivity contribution is -0.140. The van der Waals surface area contributed by atoms with E-state index >= 15 is 0 Å². The predicted molar refractivity (Wildman–Crippen MR) is 99.1 cm³/mol. The Morgan fingerprint density at radius 1 is 1.08 bits per heavy atom. The maximum atomic E-state index is 12.2. The van der Waals surface area contributed by atoms with Gasteiger partial charge in [0.05, 0.1) is 0 Å². The Bertz CT molecular complexity index is 772. The van der Waals surface area contributed by atoms with Crippen molar-refractivity contribution in [1.82, 2.24) is 5.32 Å². The number of ether oxygens (including phenoxy) is 1. The lowest BCUT2D eigenvalue weighted by Gasteiger charge is -2.21. The second-order valence-electron chi connectivity index (χ2n) is 6.67. The van der Waals surface area contributed by atoms with E-state index in [1.165, 1.54) is 0 Å². The summed E-state index contributed by atoms with van der Waals surface area (Å²) >= 11 is 0. The van der Waals surface area contributed by atoms with Crippen LogP contribution in [0, 0.1) is 5.92 Å². The van der Waals surface area contributed by atoms with Gasteiger partial charge in [-0.1, -0.05) is 68.8 Å². The predicted octanol–water partition coefficient (Wildman–Crippen LogP) is 4.02. The highest BCUT2D eigenvalue weighted by molar-refractivity contribution is 5.81. The fourth-order valence-corrected chi connectivity index (χ4v) is 3.45. The Hall–Kier alpha value is -2.82. The van der Waals surface area contributed by atoms with Crippen molar-refractivity contribution >= 4 is 12.1 Å². The van der Waals surface area contributed by atoms with Crippen LogP contribution < -0.4 is 5.32 Å². The second-order valence-corrected chi connectivity index (χ2v) is 6.67. The molecule has 1 aliphatic rings. The Labute approximate surface area is 153 Å². The van der Waals surface area contributed by atoms with E-state index in [1.807, 2.05) is 43.3 Å². The van der Waals surface area contributed by atoms with Gasteiger partial charge in [-0.05, 0) is 28.2 Å². The van der Waals surface area contributed by atoms with Crippen LogP contribution in [0.1, 0.15) is 37.3 Å². The van der Waals surface area contributed by atoms with E-state index < -0.39 is 18.1 Å². The minimum absolute atomic E-state index is 0.0416. The van der Waals surface area contributed by atoms with Gasteiger partial charge in [0.2, 0.25) is 0 Å². The molecule has 0 bridgehead atoms. The Morgan fingerprint density at radius 2 is 1.62 bits per heavy atom. The zero-order chi connectivity index (χ0) is 18.7. The fourth-order valence-electron chi connectivity index (χ4n) is 3.45. The van der Waals surface area contributed by atoms with Gasteiger partial charge in [-0.15, -0.1) is 0 Å². The highest BCUT2D eigenvalue weighted by Crippen LogP contribution is 2.44. The average Bonchev–Trinajstić information content (AvgIpc) is 2.97. The number of alkyl carbamates (subject to hydrolysis) is 1. The Balaban J connectivity index is 1.72. The van der Waals surface area contributed by atoms with Crippen LogP contribution in [0.4, 0.5) is 4.79 Å². The molecular weight excluding hydrogens is 330 g/mol. The number of carboxylic acid groups (broad SMARTS) is 1. The van der Waals surface area contributed by atoms with Crippen molar-refractivity contribution < 1.29 is 19.4 Å². The maximum Gasteiger partial charge on any atom is 0.407 e. The minimum atomic E-state index is -1.05. The summed E-state index contributed by atoms with van der Waals surface area (Å²) < 4.78 is 5.40. The topological polar surface area (TPSA) is 75.6 Å². The van der Waals surface area contributed by atoms with Crippen LogP contribution in [0.25, 0.3) is 11.1 Å². The van der Waals surface area contributed by atoms with Gasteiger partial charge in [0, 0.05) is 5.92 Å². The van der Waals surface area contributed by atoms with E-state index in [0.717, 1.165) is 22.3 Å². The summed E-state index contributed by atoms with van der Waals surface area (Å²) in [6, 6.07) is 15.2. The molecule has 0 radical (unpaired) electrons. The van der Waals surface area contributed by atoms with Gasteiger partial charge in [-0.25, -0.2) is 9.59 Å². The number of fused-ring (bicyclic) bond motifs is 3. The molecule has 0 saturated carbocycles. The SMILES string of the molecule is CCC(C)[C@@H](NC(=O)OCC1c2ccccc2-c2ccccc21)C(=O)O. The van der Waals surface area contributed by atoms with Gasteiger partial charge in [-0.2, -0.15) is 0 Å². The molecule has 0 spiro atoms. The molecular formula is C21H23NO4. The maximum absolute atomic E-state index is 12.2. The number of carboxylic acids is 1. The molecule has 2 aromatic rings. The van der Waals surface area contributed by atoms with E-state index in [4.69, 9.17) is 4.74 Å². The molecule has 2 N–H and O–H groups in total. The molecule has 1 unspecified atom stereocenters. The summed E-state index contributed by atoms with van der Waals surface area (Å²) in [7, 11) is 0. The summed E-state index contributed by atoms with van der Waals surface area (Å²) in [6.07, 6.45) is -0.0415. The molecule has 136 valence electrons. The zero-order valence-electron chi connectivity index (χ0n) is 14.9. The molecule has 0 aromatic heterocycles. The number of nitrogens with one attached hydrogen (secondary N) is 1. The van der Waals surface area contributed by atoms with Crippen molar-refractivity contribution in [3.8, 4) is 11.1 Å². The first-order valence-corrected chi connectivity index (χ1v) is 8.87. The molecule has 3 rings (SSSR count). The normalized spacial score (nSPS) is 14.8. The molecule has 0 saturated heterocycles. The minimum Gasteiger partial charge on any atom is -0.480 e. The monoisotopic (exact) mass is 353 g/mol. The number of rotatable bonds is 6. The summed E-state index contributed by atoms with van der Waals surface area (Å²) in [4.78, 5) is 23.5. The van der Waals surface area contributed by atoms with Crippen molar-refractivity contribution in [2.45, 2.75) is 32.2 Å². The van der Waals surface area contributed by atoms with Gasteiger partial charge in [-0.3, -0.25) is 0 Å². The van der Waals surface area contributed by atoms with E-state index in [9.17, 15) is 14.7 Å². The number of amides is 1. The van der Waals surface area contributed by atoms with E-state index in [-0.39, 0.29) is 18.4 Å². The number of carbonyl (C=O) groups is 2.